The van der Waals surface area contributed by atoms with E-state index in [0.717, 1.165) is 17.1 Å². The van der Waals surface area contributed by atoms with E-state index >= 15 is 0 Å². The molecule has 0 bridgehead atoms. The van der Waals surface area contributed by atoms with Gasteiger partial charge < -0.3 is 4.90 Å². The SMILES string of the molecule is Cc1cc2ccc(C(c3ccccc3)c3cc4c(c5ccccc35)-c3ccc(N(c5ccccc5)c5ccc6cc(C)c(C)cc6c5)cc3C4(C)C)cc2cc1C. The number of anilines is 3. The van der Waals surface area contributed by atoms with Crippen molar-refractivity contribution in [2.24, 2.45) is 0 Å². The lowest BCUT2D eigenvalue weighted by Crippen LogP contribution is -2.17. The van der Waals surface area contributed by atoms with Gasteiger partial charge in [0.05, 0.1) is 0 Å². The number of fused-ring (bicyclic) bond motifs is 7. The monoisotopic (exact) mass is 733 g/mol. The molecule has 0 aromatic heterocycles. The van der Waals surface area contributed by atoms with Gasteiger partial charge in [0, 0.05) is 28.4 Å². The van der Waals surface area contributed by atoms with Crippen LogP contribution in [-0.2, 0) is 5.41 Å². The summed E-state index contributed by atoms with van der Waals surface area (Å²) in [5, 5.41) is 7.74. The topological polar surface area (TPSA) is 3.24 Å². The van der Waals surface area contributed by atoms with Crippen LogP contribution in [0.3, 0.4) is 0 Å². The van der Waals surface area contributed by atoms with Crippen LogP contribution >= 0.6 is 0 Å². The fraction of sp³-hybridized carbons (Fsp3) is 0.143. The van der Waals surface area contributed by atoms with Gasteiger partial charge in [-0.3, -0.25) is 0 Å². The highest BCUT2D eigenvalue weighted by molar-refractivity contribution is 6.05. The number of para-hydroxylation sites is 1. The highest BCUT2D eigenvalue weighted by atomic mass is 15.1. The summed E-state index contributed by atoms with van der Waals surface area (Å²) in [5.74, 6) is 0.0661. The maximum atomic E-state index is 2.56. The van der Waals surface area contributed by atoms with Gasteiger partial charge in [-0.05, 0) is 158 Å². The van der Waals surface area contributed by atoms with Gasteiger partial charge in [-0.15, -0.1) is 0 Å². The lowest BCUT2D eigenvalue weighted by Gasteiger charge is -2.29. The van der Waals surface area contributed by atoms with Crippen LogP contribution in [0.2, 0.25) is 0 Å². The standard InChI is InChI=1S/C56H47N/c1-35-27-40-21-22-42(31-43(40)29-37(35)3)54(39-15-9-7-10-16-39)51-34-53-55(49-20-14-13-19-48(49)51)50-26-25-47(33-52(50)56(53,5)6)57(45-17-11-8-12-18-45)46-24-23-41-28-36(2)38(4)30-44(41)32-46/h7-34,54H,1-6H3. The van der Waals surface area contributed by atoms with Gasteiger partial charge in [0.2, 0.25) is 0 Å². The van der Waals surface area contributed by atoms with Gasteiger partial charge >= 0.3 is 0 Å². The normalized spacial score (nSPS) is 13.5. The van der Waals surface area contributed by atoms with E-state index in [2.05, 4.69) is 216 Å². The molecular formula is C56H47N. The highest BCUT2D eigenvalue weighted by Crippen LogP contribution is 2.55. The Morgan fingerprint density at radius 3 is 1.63 bits per heavy atom. The molecule has 9 aromatic rings. The summed E-state index contributed by atoms with van der Waals surface area (Å²) in [5.41, 5.74) is 17.9. The van der Waals surface area contributed by atoms with E-state index in [0.29, 0.717) is 0 Å². The maximum Gasteiger partial charge on any atom is 0.0468 e. The molecule has 1 aliphatic carbocycles. The van der Waals surface area contributed by atoms with Gasteiger partial charge in [-0.2, -0.15) is 0 Å². The van der Waals surface area contributed by atoms with Crippen molar-refractivity contribution in [1.29, 1.82) is 0 Å². The van der Waals surface area contributed by atoms with E-state index in [9.17, 15) is 0 Å². The molecule has 0 spiro atoms. The second-order valence-corrected chi connectivity index (χ2v) is 16.8. The quantitative estimate of drug-likeness (QED) is 0.154. The Hall–Kier alpha value is -6.44. The summed E-state index contributed by atoms with van der Waals surface area (Å²) in [7, 11) is 0. The average molecular weight is 734 g/mol. The van der Waals surface area contributed by atoms with Crippen LogP contribution in [0, 0.1) is 27.7 Å². The summed E-state index contributed by atoms with van der Waals surface area (Å²) in [6.45, 7) is 13.7. The zero-order valence-electron chi connectivity index (χ0n) is 33.7. The predicted molar refractivity (Wildman–Crippen MR) is 244 cm³/mol. The Bertz CT molecular complexity index is 3020. The second kappa shape index (κ2) is 13.4. The van der Waals surface area contributed by atoms with E-state index < -0.39 is 0 Å². The molecule has 1 unspecified atom stereocenters. The van der Waals surface area contributed by atoms with Crippen molar-refractivity contribution in [2.75, 3.05) is 4.90 Å². The Morgan fingerprint density at radius 1 is 0.404 bits per heavy atom. The maximum absolute atomic E-state index is 2.56. The first kappa shape index (κ1) is 35.0. The van der Waals surface area contributed by atoms with Crippen LogP contribution < -0.4 is 4.90 Å². The van der Waals surface area contributed by atoms with Gasteiger partial charge in [-0.1, -0.05) is 147 Å². The van der Waals surface area contributed by atoms with Crippen LogP contribution in [0.1, 0.15) is 69.8 Å². The van der Waals surface area contributed by atoms with Crippen LogP contribution in [0.15, 0.2) is 170 Å². The third-order valence-electron chi connectivity index (χ3n) is 12.9. The number of nitrogens with zero attached hydrogens (tertiary/aromatic N) is 1. The fourth-order valence-corrected chi connectivity index (χ4v) is 9.57. The van der Waals surface area contributed by atoms with E-state index in [1.54, 1.807) is 0 Å². The Morgan fingerprint density at radius 2 is 0.947 bits per heavy atom. The van der Waals surface area contributed by atoms with E-state index in [-0.39, 0.29) is 11.3 Å². The third kappa shape index (κ3) is 5.76. The molecule has 0 saturated heterocycles. The smallest absolute Gasteiger partial charge is 0.0468 e. The van der Waals surface area contributed by atoms with Crippen LogP contribution in [-0.4, -0.2) is 0 Å². The molecule has 0 radical (unpaired) electrons. The Balaban J connectivity index is 1.16. The minimum absolute atomic E-state index is 0.0661. The Labute approximate surface area is 336 Å². The molecule has 276 valence electrons. The number of hydrogen-bond acceptors (Lipinski definition) is 1. The first-order valence-electron chi connectivity index (χ1n) is 20.3. The van der Waals surface area contributed by atoms with Crippen molar-refractivity contribution in [2.45, 2.75) is 52.9 Å². The van der Waals surface area contributed by atoms with E-state index in [4.69, 9.17) is 0 Å². The lowest BCUT2D eigenvalue weighted by molar-refractivity contribution is 0.659. The van der Waals surface area contributed by atoms with Gasteiger partial charge in [0.25, 0.3) is 0 Å². The van der Waals surface area contributed by atoms with Crippen LogP contribution in [0.5, 0.6) is 0 Å². The first-order valence-corrected chi connectivity index (χ1v) is 20.3. The van der Waals surface area contributed by atoms with E-state index in [1.165, 1.54) is 93.5 Å². The van der Waals surface area contributed by atoms with Crippen molar-refractivity contribution in [3.63, 3.8) is 0 Å². The molecule has 57 heavy (non-hydrogen) atoms. The number of rotatable bonds is 6. The number of benzene rings is 9. The lowest BCUT2D eigenvalue weighted by atomic mass is 9.77. The van der Waals surface area contributed by atoms with Crippen molar-refractivity contribution < 1.29 is 0 Å². The zero-order chi connectivity index (χ0) is 39.0. The molecule has 0 heterocycles. The molecule has 1 aliphatic rings. The molecule has 1 heteroatoms. The summed E-state index contributed by atoms with van der Waals surface area (Å²) in [6, 6.07) is 64.1. The van der Waals surface area contributed by atoms with Crippen molar-refractivity contribution in [3.05, 3.63) is 220 Å². The van der Waals surface area contributed by atoms with Crippen molar-refractivity contribution >= 4 is 49.4 Å². The minimum Gasteiger partial charge on any atom is -0.310 e. The van der Waals surface area contributed by atoms with Crippen LogP contribution in [0.4, 0.5) is 17.1 Å². The van der Waals surface area contributed by atoms with Gasteiger partial charge in [-0.25, -0.2) is 0 Å². The first-order chi connectivity index (χ1) is 27.7. The molecule has 1 nitrogen and oxygen atoms in total. The average Bonchev–Trinajstić information content (AvgIpc) is 3.45. The molecule has 0 saturated carbocycles. The predicted octanol–water partition coefficient (Wildman–Crippen LogP) is 15.3. The molecule has 10 rings (SSSR count). The number of hydrogen-bond donors (Lipinski definition) is 0. The fourth-order valence-electron chi connectivity index (χ4n) is 9.57. The number of aryl methyl sites for hydroxylation is 4. The zero-order valence-corrected chi connectivity index (χ0v) is 33.7. The van der Waals surface area contributed by atoms with Crippen molar-refractivity contribution in [3.8, 4) is 11.1 Å². The van der Waals surface area contributed by atoms with Gasteiger partial charge in [0.1, 0.15) is 0 Å². The molecule has 9 aromatic carbocycles. The van der Waals surface area contributed by atoms with E-state index in [1.807, 2.05) is 0 Å². The van der Waals surface area contributed by atoms with Crippen LogP contribution in [0.25, 0.3) is 43.4 Å². The molecule has 0 amide bonds. The molecule has 0 N–H and O–H groups in total. The third-order valence-corrected chi connectivity index (χ3v) is 12.9. The largest absolute Gasteiger partial charge is 0.310 e. The Kier molecular flexibility index (Phi) is 8.20. The molecular weight excluding hydrogens is 687 g/mol. The minimum atomic E-state index is -0.237. The second-order valence-electron chi connectivity index (χ2n) is 16.8. The van der Waals surface area contributed by atoms with Crippen molar-refractivity contribution in [1.82, 2.24) is 0 Å². The molecule has 1 atom stereocenters. The van der Waals surface area contributed by atoms with Gasteiger partial charge in [0.15, 0.2) is 0 Å². The summed E-state index contributed by atoms with van der Waals surface area (Å²) < 4.78 is 0. The summed E-state index contributed by atoms with van der Waals surface area (Å²) >= 11 is 0. The molecule has 0 fully saturated rings. The highest BCUT2D eigenvalue weighted by Gasteiger charge is 2.38. The summed E-state index contributed by atoms with van der Waals surface area (Å²) in [6.07, 6.45) is 0. The molecule has 0 aliphatic heterocycles. The summed E-state index contributed by atoms with van der Waals surface area (Å²) in [4.78, 5) is 2.42.